The molecule has 0 unspecified atom stereocenters. The number of aromatic nitrogens is 1. The fourth-order valence-electron chi connectivity index (χ4n) is 2.38. The third-order valence-corrected chi connectivity index (χ3v) is 3.61. The first-order valence-electron chi connectivity index (χ1n) is 6.27. The number of carbonyl (C=O) groups excluding carboxylic acids is 1. The summed E-state index contributed by atoms with van der Waals surface area (Å²) in [5.41, 5.74) is 1.08. The van der Waals surface area contributed by atoms with Crippen molar-refractivity contribution < 1.29 is 4.79 Å². The van der Waals surface area contributed by atoms with Crippen molar-refractivity contribution in [3.63, 3.8) is 0 Å². The summed E-state index contributed by atoms with van der Waals surface area (Å²) in [5.74, 6) is -0.160. The summed E-state index contributed by atoms with van der Waals surface area (Å²) in [6.07, 6.45) is 6.28. The van der Waals surface area contributed by atoms with E-state index in [4.69, 9.17) is 5.26 Å². The van der Waals surface area contributed by atoms with Crippen molar-refractivity contribution >= 4 is 5.91 Å². The molecule has 1 fully saturated rings. The van der Waals surface area contributed by atoms with Gasteiger partial charge < -0.3 is 5.32 Å². The molecule has 1 amide bonds. The molecular weight excluding hydrogens is 226 g/mol. The van der Waals surface area contributed by atoms with E-state index in [1.807, 2.05) is 6.07 Å². The van der Waals surface area contributed by atoms with Crippen LogP contribution >= 0.6 is 0 Å². The van der Waals surface area contributed by atoms with Gasteiger partial charge >= 0.3 is 0 Å². The van der Waals surface area contributed by atoms with Gasteiger partial charge in [0.1, 0.15) is 11.8 Å². The standard InChI is InChI=1S/C14H17N3O/c1-14(6-2-3-7-14)10-17-13(18)12-5-4-11(8-15)9-16-12/h4-5,9H,2-3,6-7,10H2,1H3,(H,17,18). The van der Waals surface area contributed by atoms with Crippen LogP contribution in [-0.4, -0.2) is 17.4 Å². The molecule has 1 saturated carbocycles. The predicted molar refractivity (Wildman–Crippen MR) is 67.9 cm³/mol. The zero-order valence-corrected chi connectivity index (χ0v) is 10.6. The second-order valence-electron chi connectivity index (χ2n) is 5.24. The first-order valence-corrected chi connectivity index (χ1v) is 6.27. The van der Waals surface area contributed by atoms with Crippen LogP contribution in [0.4, 0.5) is 0 Å². The highest BCUT2D eigenvalue weighted by atomic mass is 16.1. The smallest absolute Gasteiger partial charge is 0.269 e. The number of nitriles is 1. The van der Waals surface area contributed by atoms with Gasteiger partial charge in [-0.15, -0.1) is 0 Å². The van der Waals surface area contributed by atoms with Crippen molar-refractivity contribution in [2.75, 3.05) is 6.54 Å². The molecule has 1 aliphatic carbocycles. The molecule has 0 radical (unpaired) electrons. The van der Waals surface area contributed by atoms with Gasteiger partial charge in [-0.2, -0.15) is 5.26 Å². The van der Waals surface area contributed by atoms with E-state index < -0.39 is 0 Å². The van der Waals surface area contributed by atoms with E-state index in [0.717, 1.165) is 0 Å². The van der Waals surface area contributed by atoms with Crippen LogP contribution in [0.5, 0.6) is 0 Å². The number of nitrogens with zero attached hydrogens (tertiary/aromatic N) is 2. The summed E-state index contributed by atoms with van der Waals surface area (Å²) in [4.78, 5) is 15.9. The Hall–Kier alpha value is -1.89. The SMILES string of the molecule is CC1(CNC(=O)c2ccc(C#N)cn2)CCCC1. The largest absolute Gasteiger partial charge is 0.350 e. The minimum atomic E-state index is -0.160. The number of carbonyl (C=O) groups is 1. The second-order valence-corrected chi connectivity index (χ2v) is 5.24. The molecule has 0 aliphatic heterocycles. The van der Waals surface area contributed by atoms with E-state index in [1.54, 1.807) is 12.1 Å². The molecule has 4 heteroatoms. The van der Waals surface area contributed by atoms with Crippen LogP contribution in [0, 0.1) is 16.7 Å². The lowest BCUT2D eigenvalue weighted by Crippen LogP contribution is -2.34. The van der Waals surface area contributed by atoms with Crippen LogP contribution < -0.4 is 5.32 Å². The van der Waals surface area contributed by atoms with Gasteiger partial charge in [-0.1, -0.05) is 19.8 Å². The molecule has 0 bridgehead atoms. The van der Waals surface area contributed by atoms with Crippen LogP contribution in [0.3, 0.4) is 0 Å². The van der Waals surface area contributed by atoms with E-state index in [1.165, 1.54) is 31.9 Å². The molecule has 4 nitrogen and oxygen atoms in total. The quantitative estimate of drug-likeness (QED) is 0.885. The number of nitrogens with one attached hydrogen (secondary N) is 1. The van der Waals surface area contributed by atoms with E-state index in [9.17, 15) is 4.79 Å². The summed E-state index contributed by atoms with van der Waals surface area (Å²) >= 11 is 0. The lowest BCUT2D eigenvalue weighted by atomic mass is 9.89. The van der Waals surface area contributed by atoms with Gasteiger partial charge in [0.05, 0.1) is 5.56 Å². The molecular formula is C14H17N3O. The lowest BCUT2D eigenvalue weighted by molar-refractivity contribution is 0.0929. The van der Waals surface area contributed by atoms with E-state index in [0.29, 0.717) is 17.8 Å². The molecule has 0 atom stereocenters. The van der Waals surface area contributed by atoms with Gasteiger partial charge in [0, 0.05) is 12.7 Å². The Labute approximate surface area is 107 Å². The first kappa shape index (κ1) is 12.6. The van der Waals surface area contributed by atoms with Crippen molar-refractivity contribution in [3.05, 3.63) is 29.6 Å². The van der Waals surface area contributed by atoms with Crippen LogP contribution in [-0.2, 0) is 0 Å². The van der Waals surface area contributed by atoms with Crippen molar-refractivity contribution in [3.8, 4) is 6.07 Å². The average Bonchev–Trinajstić information content (AvgIpc) is 2.83. The highest BCUT2D eigenvalue weighted by Crippen LogP contribution is 2.36. The zero-order valence-electron chi connectivity index (χ0n) is 10.6. The number of rotatable bonds is 3. The van der Waals surface area contributed by atoms with Gasteiger partial charge in [-0.3, -0.25) is 4.79 Å². The molecule has 1 N–H and O–H groups in total. The number of hydrogen-bond donors (Lipinski definition) is 1. The molecule has 18 heavy (non-hydrogen) atoms. The molecule has 1 aromatic rings. The van der Waals surface area contributed by atoms with Crippen molar-refractivity contribution in [2.45, 2.75) is 32.6 Å². The molecule has 1 heterocycles. The van der Waals surface area contributed by atoms with Crippen molar-refractivity contribution in [1.82, 2.24) is 10.3 Å². The highest BCUT2D eigenvalue weighted by Gasteiger charge is 2.29. The summed E-state index contributed by atoms with van der Waals surface area (Å²) in [7, 11) is 0. The Morgan fingerprint density at radius 2 is 2.22 bits per heavy atom. The summed E-state index contributed by atoms with van der Waals surface area (Å²) < 4.78 is 0. The maximum Gasteiger partial charge on any atom is 0.269 e. The van der Waals surface area contributed by atoms with Crippen molar-refractivity contribution in [1.29, 1.82) is 5.26 Å². The van der Waals surface area contributed by atoms with Crippen LogP contribution in [0.2, 0.25) is 0 Å². The Kier molecular flexibility index (Phi) is 3.61. The zero-order chi connectivity index (χ0) is 13.0. The number of hydrogen-bond acceptors (Lipinski definition) is 3. The van der Waals surface area contributed by atoms with Gasteiger partial charge in [-0.05, 0) is 30.4 Å². The summed E-state index contributed by atoms with van der Waals surface area (Å²) in [5, 5.41) is 11.6. The minimum absolute atomic E-state index is 0.160. The van der Waals surface area contributed by atoms with Crippen LogP contribution in [0.25, 0.3) is 0 Å². The Morgan fingerprint density at radius 1 is 1.50 bits per heavy atom. The third kappa shape index (κ3) is 2.86. The molecule has 0 spiro atoms. The predicted octanol–water partition coefficient (Wildman–Crippen LogP) is 2.26. The van der Waals surface area contributed by atoms with Crippen molar-refractivity contribution in [2.24, 2.45) is 5.41 Å². The lowest BCUT2D eigenvalue weighted by Gasteiger charge is -2.23. The third-order valence-electron chi connectivity index (χ3n) is 3.61. The maximum absolute atomic E-state index is 11.9. The first-order chi connectivity index (χ1) is 8.63. The van der Waals surface area contributed by atoms with Crippen LogP contribution in [0.1, 0.15) is 48.7 Å². The number of pyridine rings is 1. The molecule has 94 valence electrons. The van der Waals surface area contributed by atoms with Gasteiger partial charge in [0.25, 0.3) is 5.91 Å². The summed E-state index contributed by atoms with van der Waals surface area (Å²) in [6, 6.07) is 5.18. The summed E-state index contributed by atoms with van der Waals surface area (Å²) in [6.45, 7) is 2.92. The fraction of sp³-hybridized carbons (Fsp3) is 0.500. The highest BCUT2D eigenvalue weighted by molar-refractivity contribution is 5.92. The van der Waals surface area contributed by atoms with E-state index in [-0.39, 0.29) is 11.3 Å². The molecule has 0 aromatic carbocycles. The molecule has 2 rings (SSSR count). The Bertz CT molecular complexity index is 467. The average molecular weight is 243 g/mol. The number of amides is 1. The fourth-order valence-corrected chi connectivity index (χ4v) is 2.38. The van der Waals surface area contributed by atoms with Gasteiger partial charge in [0.2, 0.25) is 0 Å². The van der Waals surface area contributed by atoms with E-state index >= 15 is 0 Å². The normalized spacial score (nSPS) is 17.1. The minimum Gasteiger partial charge on any atom is -0.350 e. The second kappa shape index (κ2) is 5.18. The van der Waals surface area contributed by atoms with E-state index in [2.05, 4.69) is 17.2 Å². The maximum atomic E-state index is 11.9. The van der Waals surface area contributed by atoms with Crippen LogP contribution in [0.15, 0.2) is 18.3 Å². The van der Waals surface area contributed by atoms with Gasteiger partial charge in [0.15, 0.2) is 0 Å². The topological polar surface area (TPSA) is 65.8 Å². The van der Waals surface area contributed by atoms with Gasteiger partial charge in [-0.25, -0.2) is 4.98 Å². The molecule has 1 aromatic heterocycles. The Morgan fingerprint density at radius 3 is 2.78 bits per heavy atom. The monoisotopic (exact) mass is 243 g/mol. The molecule has 1 aliphatic rings. The molecule has 0 saturated heterocycles. The Balaban J connectivity index is 1.93.